The number of carbonyl (C=O) groups is 1. The van der Waals surface area contributed by atoms with Gasteiger partial charge in [-0.3, -0.25) is 4.79 Å². The molecule has 0 aromatic carbocycles. The van der Waals surface area contributed by atoms with E-state index in [1.807, 2.05) is 6.92 Å². The molecule has 1 fully saturated rings. The SMILES string of the molecule is CC1CC(NC(=O)c2ccnc(Br)c2)CCO1. The van der Waals surface area contributed by atoms with Crippen LogP contribution >= 0.6 is 15.9 Å². The number of halogens is 1. The third kappa shape index (κ3) is 3.51. The first-order valence-electron chi connectivity index (χ1n) is 5.69. The van der Waals surface area contributed by atoms with Crippen molar-refractivity contribution in [3.8, 4) is 0 Å². The van der Waals surface area contributed by atoms with Gasteiger partial charge in [0.1, 0.15) is 4.60 Å². The van der Waals surface area contributed by atoms with Crippen LogP contribution in [0, 0.1) is 0 Å². The topological polar surface area (TPSA) is 51.2 Å². The quantitative estimate of drug-likeness (QED) is 0.851. The van der Waals surface area contributed by atoms with E-state index in [4.69, 9.17) is 4.74 Å². The van der Waals surface area contributed by atoms with Crippen LogP contribution in [-0.4, -0.2) is 29.6 Å². The van der Waals surface area contributed by atoms with Crippen molar-refractivity contribution in [1.82, 2.24) is 10.3 Å². The molecule has 2 heterocycles. The maximum atomic E-state index is 12.0. The number of amides is 1. The zero-order valence-electron chi connectivity index (χ0n) is 9.65. The third-order valence-electron chi connectivity index (χ3n) is 2.81. The first-order chi connectivity index (χ1) is 8.15. The molecule has 1 saturated heterocycles. The molecule has 1 aliphatic rings. The molecule has 1 aromatic heterocycles. The van der Waals surface area contributed by atoms with E-state index < -0.39 is 0 Å². The van der Waals surface area contributed by atoms with Crippen LogP contribution < -0.4 is 5.32 Å². The second kappa shape index (κ2) is 5.60. The van der Waals surface area contributed by atoms with Gasteiger partial charge in [-0.25, -0.2) is 4.98 Å². The van der Waals surface area contributed by atoms with Crippen LogP contribution in [-0.2, 0) is 4.74 Å². The molecule has 0 radical (unpaired) electrons. The Morgan fingerprint density at radius 1 is 1.65 bits per heavy atom. The van der Waals surface area contributed by atoms with E-state index in [9.17, 15) is 4.79 Å². The van der Waals surface area contributed by atoms with Crippen molar-refractivity contribution in [1.29, 1.82) is 0 Å². The van der Waals surface area contributed by atoms with E-state index in [-0.39, 0.29) is 18.1 Å². The molecule has 1 aromatic rings. The largest absolute Gasteiger partial charge is 0.378 e. The van der Waals surface area contributed by atoms with Crippen molar-refractivity contribution in [2.24, 2.45) is 0 Å². The highest BCUT2D eigenvalue weighted by Crippen LogP contribution is 2.14. The Kier molecular flexibility index (Phi) is 4.12. The highest BCUT2D eigenvalue weighted by Gasteiger charge is 2.21. The molecule has 1 aliphatic heterocycles. The molecule has 2 rings (SSSR count). The van der Waals surface area contributed by atoms with Crippen molar-refractivity contribution < 1.29 is 9.53 Å². The van der Waals surface area contributed by atoms with Crippen molar-refractivity contribution in [3.05, 3.63) is 28.5 Å². The van der Waals surface area contributed by atoms with Gasteiger partial charge in [-0.15, -0.1) is 0 Å². The molecule has 0 bridgehead atoms. The van der Waals surface area contributed by atoms with Gasteiger partial charge in [-0.05, 0) is 47.8 Å². The summed E-state index contributed by atoms with van der Waals surface area (Å²) < 4.78 is 6.12. The molecule has 0 saturated carbocycles. The summed E-state index contributed by atoms with van der Waals surface area (Å²) >= 11 is 3.25. The number of ether oxygens (including phenoxy) is 1. The number of hydrogen-bond donors (Lipinski definition) is 1. The maximum Gasteiger partial charge on any atom is 0.251 e. The van der Waals surface area contributed by atoms with Gasteiger partial charge >= 0.3 is 0 Å². The molecule has 1 amide bonds. The van der Waals surface area contributed by atoms with E-state index in [1.54, 1.807) is 18.3 Å². The molecule has 4 nitrogen and oxygen atoms in total. The van der Waals surface area contributed by atoms with Crippen LogP contribution in [0.5, 0.6) is 0 Å². The number of pyridine rings is 1. The van der Waals surface area contributed by atoms with Gasteiger partial charge in [0.25, 0.3) is 5.91 Å². The Hall–Kier alpha value is -0.940. The van der Waals surface area contributed by atoms with Crippen LogP contribution in [0.3, 0.4) is 0 Å². The van der Waals surface area contributed by atoms with Crippen LogP contribution in [0.25, 0.3) is 0 Å². The number of hydrogen-bond acceptors (Lipinski definition) is 3. The lowest BCUT2D eigenvalue weighted by atomic mass is 10.0. The molecule has 0 aliphatic carbocycles. The summed E-state index contributed by atoms with van der Waals surface area (Å²) in [5.74, 6) is -0.0489. The van der Waals surface area contributed by atoms with Gasteiger partial charge in [0.15, 0.2) is 0 Å². The van der Waals surface area contributed by atoms with Crippen molar-refractivity contribution in [2.45, 2.75) is 31.9 Å². The average Bonchev–Trinajstić information content (AvgIpc) is 2.29. The number of carbonyl (C=O) groups excluding carboxylic acids is 1. The second-order valence-electron chi connectivity index (χ2n) is 4.24. The Bertz CT molecular complexity index is 411. The Morgan fingerprint density at radius 3 is 3.18 bits per heavy atom. The predicted octanol–water partition coefficient (Wildman–Crippen LogP) is 2.14. The van der Waals surface area contributed by atoms with Crippen molar-refractivity contribution >= 4 is 21.8 Å². The van der Waals surface area contributed by atoms with Crippen LogP contribution in [0.4, 0.5) is 0 Å². The number of nitrogens with zero attached hydrogens (tertiary/aromatic N) is 1. The van der Waals surface area contributed by atoms with Gasteiger partial charge in [-0.2, -0.15) is 0 Å². The minimum atomic E-state index is -0.0489. The maximum absolute atomic E-state index is 12.0. The molecule has 1 N–H and O–H groups in total. The smallest absolute Gasteiger partial charge is 0.251 e. The summed E-state index contributed by atoms with van der Waals surface area (Å²) in [5, 5.41) is 3.03. The van der Waals surface area contributed by atoms with Gasteiger partial charge in [0, 0.05) is 24.4 Å². The molecule has 17 heavy (non-hydrogen) atoms. The number of nitrogens with one attached hydrogen (secondary N) is 1. The van der Waals surface area contributed by atoms with E-state index in [0.717, 1.165) is 12.8 Å². The third-order valence-corrected chi connectivity index (χ3v) is 3.24. The van der Waals surface area contributed by atoms with Crippen molar-refractivity contribution in [3.63, 3.8) is 0 Å². The van der Waals surface area contributed by atoms with Crippen molar-refractivity contribution in [2.75, 3.05) is 6.61 Å². The minimum absolute atomic E-state index is 0.0489. The predicted molar refractivity (Wildman–Crippen MR) is 67.8 cm³/mol. The van der Waals surface area contributed by atoms with Crippen LogP contribution in [0.1, 0.15) is 30.1 Å². The standard InChI is InChI=1S/C12H15BrN2O2/c1-8-6-10(3-5-17-8)15-12(16)9-2-4-14-11(13)7-9/h2,4,7-8,10H,3,5-6H2,1H3,(H,15,16). The summed E-state index contributed by atoms with van der Waals surface area (Å²) in [6, 6.07) is 3.64. The summed E-state index contributed by atoms with van der Waals surface area (Å²) in [4.78, 5) is 16.0. The van der Waals surface area contributed by atoms with Gasteiger partial charge < -0.3 is 10.1 Å². The fraction of sp³-hybridized carbons (Fsp3) is 0.500. The van der Waals surface area contributed by atoms with E-state index in [0.29, 0.717) is 16.8 Å². The summed E-state index contributed by atoms with van der Waals surface area (Å²) in [5.41, 5.74) is 0.631. The normalized spacial score (nSPS) is 24.4. The molecular formula is C12H15BrN2O2. The van der Waals surface area contributed by atoms with Crippen LogP contribution in [0.2, 0.25) is 0 Å². The zero-order chi connectivity index (χ0) is 12.3. The van der Waals surface area contributed by atoms with E-state index in [2.05, 4.69) is 26.2 Å². The van der Waals surface area contributed by atoms with Gasteiger partial charge in [0.2, 0.25) is 0 Å². The first kappa shape index (κ1) is 12.5. The Balaban J connectivity index is 1.97. The lowest BCUT2D eigenvalue weighted by Crippen LogP contribution is -2.41. The van der Waals surface area contributed by atoms with Crippen LogP contribution in [0.15, 0.2) is 22.9 Å². The monoisotopic (exact) mass is 298 g/mol. The zero-order valence-corrected chi connectivity index (χ0v) is 11.2. The molecule has 92 valence electrons. The second-order valence-corrected chi connectivity index (χ2v) is 5.06. The fourth-order valence-electron chi connectivity index (χ4n) is 1.94. The lowest BCUT2D eigenvalue weighted by molar-refractivity contribution is 0.0136. The number of rotatable bonds is 2. The lowest BCUT2D eigenvalue weighted by Gasteiger charge is -2.27. The van der Waals surface area contributed by atoms with Gasteiger partial charge in [0.05, 0.1) is 6.10 Å². The Morgan fingerprint density at radius 2 is 2.47 bits per heavy atom. The molecule has 2 atom stereocenters. The molecular weight excluding hydrogens is 284 g/mol. The van der Waals surface area contributed by atoms with E-state index in [1.165, 1.54) is 0 Å². The Labute approximate surface area is 109 Å². The first-order valence-corrected chi connectivity index (χ1v) is 6.48. The van der Waals surface area contributed by atoms with E-state index >= 15 is 0 Å². The number of aromatic nitrogens is 1. The minimum Gasteiger partial charge on any atom is -0.378 e. The average molecular weight is 299 g/mol. The summed E-state index contributed by atoms with van der Waals surface area (Å²) in [6.45, 7) is 2.74. The summed E-state index contributed by atoms with van der Waals surface area (Å²) in [7, 11) is 0. The molecule has 0 spiro atoms. The molecule has 2 unspecified atom stereocenters. The molecule has 5 heteroatoms. The highest BCUT2D eigenvalue weighted by molar-refractivity contribution is 9.10. The summed E-state index contributed by atoms with van der Waals surface area (Å²) in [6.07, 6.45) is 3.59. The fourth-order valence-corrected chi connectivity index (χ4v) is 2.31. The highest BCUT2D eigenvalue weighted by atomic mass is 79.9. The van der Waals surface area contributed by atoms with Gasteiger partial charge in [-0.1, -0.05) is 0 Å².